The second-order valence-electron chi connectivity index (χ2n) is 6.67. The third kappa shape index (κ3) is 4.94. The number of carbonyl (C=O) groups excluding carboxylic acids is 2. The van der Waals surface area contributed by atoms with Gasteiger partial charge in [-0.2, -0.15) is 0 Å². The smallest absolute Gasteiger partial charge is 0.348 e. The number of esters is 1. The summed E-state index contributed by atoms with van der Waals surface area (Å²) in [7, 11) is 0. The summed E-state index contributed by atoms with van der Waals surface area (Å²) >= 11 is 2.67. The number of ether oxygens (including phenoxy) is 1. The number of nitrogens with zero attached hydrogens (tertiary/aromatic N) is 2. The van der Waals surface area contributed by atoms with Crippen LogP contribution in [0.4, 0.5) is 15.2 Å². The van der Waals surface area contributed by atoms with E-state index in [4.69, 9.17) is 4.74 Å². The Balaban J connectivity index is 1.71. The minimum atomic E-state index is -0.511. The molecule has 3 aromatic rings. The molecule has 0 atom stereocenters. The summed E-state index contributed by atoms with van der Waals surface area (Å²) in [5.41, 5.74) is 1.83. The lowest BCUT2D eigenvalue weighted by atomic mass is 10.1. The highest BCUT2D eigenvalue weighted by molar-refractivity contribution is 7.14. The summed E-state index contributed by atoms with van der Waals surface area (Å²) in [6, 6.07) is 7.93. The third-order valence-electron chi connectivity index (χ3n) is 4.45. The molecule has 0 bridgehead atoms. The normalized spacial score (nSPS) is 10.8. The Morgan fingerprint density at radius 3 is 2.67 bits per heavy atom. The number of thiophene rings is 1. The molecule has 5 nitrogen and oxygen atoms in total. The zero-order valence-corrected chi connectivity index (χ0v) is 18.7. The zero-order valence-electron chi connectivity index (χ0n) is 17.1. The summed E-state index contributed by atoms with van der Waals surface area (Å²) in [6.07, 6.45) is 2.86. The van der Waals surface area contributed by atoms with E-state index < -0.39 is 5.82 Å². The van der Waals surface area contributed by atoms with Gasteiger partial charge in [0.1, 0.15) is 17.3 Å². The van der Waals surface area contributed by atoms with Crippen molar-refractivity contribution in [3.63, 3.8) is 0 Å². The zero-order chi connectivity index (χ0) is 21.7. The van der Waals surface area contributed by atoms with Crippen molar-refractivity contribution in [2.75, 3.05) is 4.90 Å². The number of aryl methyl sites for hydroxylation is 2. The first kappa shape index (κ1) is 22.1. The maximum Gasteiger partial charge on any atom is 0.348 e. The summed E-state index contributed by atoms with van der Waals surface area (Å²) in [4.78, 5) is 32.0. The number of carbonyl (C=O) groups is 2. The summed E-state index contributed by atoms with van der Waals surface area (Å²) in [5, 5.41) is 2.03. The summed E-state index contributed by atoms with van der Waals surface area (Å²) in [5.74, 6) is -1.25. The van der Waals surface area contributed by atoms with Gasteiger partial charge in [0.2, 0.25) is 5.91 Å². The molecule has 0 spiro atoms. The van der Waals surface area contributed by atoms with Gasteiger partial charge in [0.05, 0.1) is 11.4 Å². The molecule has 0 radical (unpaired) electrons. The maximum absolute atomic E-state index is 14.2. The highest BCUT2D eigenvalue weighted by Gasteiger charge is 2.21. The molecule has 3 rings (SSSR count). The molecule has 0 saturated carbocycles. The van der Waals surface area contributed by atoms with E-state index in [0.717, 1.165) is 19.3 Å². The molecule has 2 aromatic heterocycles. The van der Waals surface area contributed by atoms with Gasteiger partial charge in [-0.1, -0.05) is 32.4 Å². The molecule has 30 heavy (non-hydrogen) atoms. The molecule has 2 heterocycles. The molecule has 0 aliphatic rings. The largest absolute Gasteiger partial charge is 0.455 e. The molecule has 0 unspecified atom stereocenters. The molecular formula is C22H23FN2O3S2. The van der Waals surface area contributed by atoms with Gasteiger partial charge >= 0.3 is 5.97 Å². The third-order valence-corrected chi connectivity index (χ3v) is 6.54. The fraction of sp³-hybridized carbons (Fsp3) is 0.318. The van der Waals surface area contributed by atoms with E-state index in [0.29, 0.717) is 15.7 Å². The van der Waals surface area contributed by atoms with Crippen LogP contribution >= 0.6 is 22.7 Å². The molecule has 0 saturated heterocycles. The number of hydrogen-bond acceptors (Lipinski definition) is 6. The van der Waals surface area contributed by atoms with Crippen molar-refractivity contribution in [3.8, 4) is 0 Å². The highest BCUT2D eigenvalue weighted by atomic mass is 32.1. The van der Waals surface area contributed by atoms with Crippen LogP contribution in [-0.2, 0) is 29.0 Å². The van der Waals surface area contributed by atoms with Crippen LogP contribution in [0.2, 0.25) is 0 Å². The lowest BCUT2D eigenvalue weighted by Gasteiger charge is -2.18. The maximum atomic E-state index is 14.2. The topological polar surface area (TPSA) is 59.5 Å². The number of aromatic nitrogens is 1. The fourth-order valence-corrected chi connectivity index (χ4v) is 5.14. The van der Waals surface area contributed by atoms with E-state index >= 15 is 0 Å². The minimum Gasteiger partial charge on any atom is -0.455 e. The van der Waals surface area contributed by atoms with E-state index in [1.807, 2.05) is 6.07 Å². The average molecular weight is 447 g/mol. The quantitative estimate of drug-likeness (QED) is 0.404. The predicted octanol–water partition coefficient (Wildman–Crippen LogP) is 5.90. The van der Waals surface area contributed by atoms with E-state index in [2.05, 4.69) is 18.8 Å². The Bertz CT molecular complexity index is 1040. The van der Waals surface area contributed by atoms with E-state index in [-0.39, 0.29) is 24.2 Å². The molecule has 8 heteroatoms. The van der Waals surface area contributed by atoms with Crippen LogP contribution in [0, 0.1) is 5.82 Å². The van der Waals surface area contributed by atoms with Crippen molar-refractivity contribution >= 4 is 45.4 Å². The Kier molecular flexibility index (Phi) is 7.33. The first-order valence-electron chi connectivity index (χ1n) is 9.72. The van der Waals surface area contributed by atoms with Gasteiger partial charge in [0, 0.05) is 17.2 Å². The Labute approximate surface area is 183 Å². The molecule has 0 aliphatic carbocycles. The number of para-hydroxylation sites is 1. The van der Waals surface area contributed by atoms with Crippen LogP contribution in [0.15, 0.2) is 35.7 Å². The molecule has 0 aliphatic heterocycles. The summed E-state index contributed by atoms with van der Waals surface area (Å²) in [6.45, 7) is 5.52. The van der Waals surface area contributed by atoms with Crippen molar-refractivity contribution in [3.05, 3.63) is 62.5 Å². The van der Waals surface area contributed by atoms with Crippen molar-refractivity contribution < 1.29 is 18.7 Å². The van der Waals surface area contributed by atoms with E-state index in [1.54, 1.807) is 17.5 Å². The minimum absolute atomic E-state index is 0.0131. The van der Waals surface area contributed by atoms with Gasteiger partial charge in [-0.15, -0.1) is 22.7 Å². The Hall–Kier alpha value is -2.58. The number of rotatable bonds is 8. The van der Waals surface area contributed by atoms with Gasteiger partial charge in [-0.25, -0.2) is 14.2 Å². The molecule has 0 N–H and O–H groups in total. The standard InChI is InChI=1S/C22H23FN2O3S2/c1-4-8-19-15(5-2)11-20(30-19)21(27)28-12-16-13-29-22(24-16)25(14(3)26)18-10-7-6-9-17(18)23/h6-7,9-11,13H,4-5,8,12H2,1-3H3. The number of hydrogen-bond donors (Lipinski definition) is 0. The van der Waals surface area contributed by atoms with Gasteiger partial charge in [-0.3, -0.25) is 9.69 Å². The second kappa shape index (κ2) is 9.95. The van der Waals surface area contributed by atoms with E-state index in [1.165, 1.54) is 57.1 Å². The predicted molar refractivity (Wildman–Crippen MR) is 118 cm³/mol. The van der Waals surface area contributed by atoms with Gasteiger partial charge in [0.15, 0.2) is 5.13 Å². The molecule has 0 fully saturated rings. The van der Waals surface area contributed by atoms with E-state index in [9.17, 15) is 14.0 Å². The number of amides is 1. The molecule has 1 aromatic carbocycles. The Morgan fingerprint density at radius 2 is 2.00 bits per heavy atom. The lowest BCUT2D eigenvalue weighted by molar-refractivity contribution is -0.115. The molecular weight excluding hydrogens is 423 g/mol. The number of anilines is 2. The van der Waals surface area contributed by atoms with Crippen molar-refractivity contribution in [1.82, 2.24) is 4.98 Å². The van der Waals surface area contributed by atoms with Crippen LogP contribution in [0.25, 0.3) is 0 Å². The van der Waals surface area contributed by atoms with Crippen molar-refractivity contribution in [1.29, 1.82) is 0 Å². The van der Waals surface area contributed by atoms with Crippen LogP contribution in [-0.4, -0.2) is 16.9 Å². The van der Waals surface area contributed by atoms with Crippen LogP contribution in [0.1, 0.15) is 53.0 Å². The molecule has 1 amide bonds. The van der Waals surface area contributed by atoms with Gasteiger partial charge < -0.3 is 4.74 Å². The number of thiazole rings is 1. The SMILES string of the molecule is CCCc1sc(C(=O)OCc2csc(N(C(C)=O)c3ccccc3F)n2)cc1CC. The van der Waals surface area contributed by atoms with Crippen LogP contribution in [0.5, 0.6) is 0 Å². The fourth-order valence-electron chi connectivity index (χ4n) is 3.02. The summed E-state index contributed by atoms with van der Waals surface area (Å²) < 4.78 is 19.6. The highest BCUT2D eigenvalue weighted by Crippen LogP contribution is 2.31. The van der Waals surface area contributed by atoms with Crippen LogP contribution < -0.4 is 4.90 Å². The first-order valence-corrected chi connectivity index (χ1v) is 11.4. The average Bonchev–Trinajstić information content (AvgIpc) is 3.35. The number of halogens is 1. The van der Waals surface area contributed by atoms with Crippen molar-refractivity contribution in [2.24, 2.45) is 0 Å². The first-order chi connectivity index (χ1) is 14.4. The lowest BCUT2D eigenvalue weighted by Crippen LogP contribution is -2.23. The molecule has 158 valence electrons. The Morgan fingerprint density at radius 1 is 1.23 bits per heavy atom. The van der Waals surface area contributed by atoms with Crippen molar-refractivity contribution in [2.45, 2.75) is 46.6 Å². The van der Waals surface area contributed by atoms with Crippen LogP contribution in [0.3, 0.4) is 0 Å². The van der Waals surface area contributed by atoms with Gasteiger partial charge in [0.25, 0.3) is 0 Å². The monoisotopic (exact) mass is 446 g/mol. The second-order valence-corrected chi connectivity index (χ2v) is 8.64. The number of benzene rings is 1. The van der Waals surface area contributed by atoms with Gasteiger partial charge in [-0.05, 0) is 36.6 Å².